The Labute approximate surface area is 190 Å². The van der Waals surface area contributed by atoms with Crippen LogP contribution < -0.4 is 20.9 Å². The molecule has 2 aromatic rings. The molecule has 0 bridgehead atoms. The second-order valence-electron chi connectivity index (χ2n) is 9.50. The third-order valence-electron chi connectivity index (χ3n) is 6.83. The average Bonchev–Trinajstić information content (AvgIpc) is 3.46. The van der Waals surface area contributed by atoms with Crippen molar-refractivity contribution in [1.82, 2.24) is 20.6 Å². The first-order valence-electron chi connectivity index (χ1n) is 11.3. The van der Waals surface area contributed by atoms with Crippen molar-refractivity contribution in [2.45, 2.75) is 33.1 Å². The van der Waals surface area contributed by atoms with Gasteiger partial charge >= 0.3 is 0 Å². The van der Waals surface area contributed by atoms with Crippen LogP contribution in [-0.4, -0.2) is 48.5 Å². The highest BCUT2D eigenvalue weighted by atomic mass is 19.3. The molecule has 8 nitrogen and oxygen atoms in total. The van der Waals surface area contributed by atoms with E-state index in [1.165, 1.54) is 0 Å². The summed E-state index contributed by atoms with van der Waals surface area (Å²) >= 11 is 0. The molecule has 2 atom stereocenters. The third-order valence-corrected chi connectivity index (χ3v) is 6.83. The molecule has 176 valence electrons. The largest absolute Gasteiger partial charge is 0.459 e. The number of fused-ring (bicyclic) bond motifs is 2. The van der Waals surface area contributed by atoms with Crippen molar-refractivity contribution < 1.29 is 18.0 Å². The maximum atomic E-state index is 12.4. The predicted molar refractivity (Wildman–Crippen MR) is 121 cm³/mol. The van der Waals surface area contributed by atoms with Gasteiger partial charge in [-0.2, -0.15) is 4.98 Å². The first-order valence-corrected chi connectivity index (χ1v) is 11.3. The second kappa shape index (κ2) is 8.40. The van der Waals surface area contributed by atoms with Crippen molar-refractivity contribution in [2.24, 2.45) is 17.3 Å². The minimum Gasteiger partial charge on any atom is -0.459 e. The molecule has 33 heavy (non-hydrogen) atoms. The van der Waals surface area contributed by atoms with Crippen LogP contribution in [0.15, 0.2) is 40.3 Å². The maximum absolute atomic E-state index is 12.4. The van der Waals surface area contributed by atoms with E-state index in [1.54, 1.807) is 12.3 Å². The van der Waals surface area contributed by atoms with Gasteiger partial charge in [-0.15, -0.1) is 0 Å². The number of nitrogens with one attached hydrogen (secondary N) is 3. The smallest absolute Gasteiger partial charge is 0.250 e. The van der Waals surface area contributed by atoms with Gasteiger partial charge in [0.05, 0.1) is 18.2 Å². The number of hydrogen-bond acceptors (Lipinski definition) is 7. The Morgan fingerprint density at radius 2 is 2.21 bits per heavy atom. The van der Waals surface area contributed by atoms with Gasteiger partial charge in [0.25, 0.3) is 6.43 Å². The maximum Gasteiger partial charge on any atom is 0.250 e. The minimum atomic E-state index is -2.34. The van der Waals surface area contributed by atoms with Gasteiger partial charge in [0.15, 0.2) is 11.4 Å². The summed E-state index contributed by atoms with van der Waals surface area (Å²) in [6.07, 6.45) is 4.90. The van der Waals surface area contributed by atoms with Crippen LogP contribution in [0.25, 0.3) is 11.1 Å². The molecule has 2 aliphatic heterocycles. The Morgan fingerprint density at radius 1 is 1.36 bits per heavy atom. The molecule has 3 aliphatic rings. The molecule has 1 aliphatic carbocycles. The van der Waals surface area contributed by atoms with Crippen LogP contribution in [0.4, 0.5) is 20.5 Å². The Kier molecular flexibility index (Phi) is 5.55. The molecule has 4 heterocycles. The average molecular weight is 459 g/mol. The molecule has 1 amide bonds. The highest BCUT2D eigenvalue weighted by Gasteiger charge is 2.46. The lowest BCUT2D eigenvalue weighted by Gasteiger charge is -2.25. The first kappa shape index (κ1) is 21.8. The van der Waals surface area contributed by atoms with Crippen LogP contribution in [0, 0.1) is 17.3 Å². The van der Waals surface area contributed by atoms with Gasteiger partial charge in [-0.3, -0.25) is 4.79 Å². The summed E-state index contributed by atoms with van der Waals surface area (Å²) in [6.45, 7) is 5.66. The lowest BCUT2D eigenvalue weighted by Crippen LogP contribution is -2.29. The van der Waals surface area contributed by atoms with Gasteiger partial charge in [-0.1, -0.05) is 19.9 Å². The zero-order valence-electron chi connectivity index (χ0n) is 18.7. The molecule has 0 spiro atoms. The van der Waals surface area contributed by atoms with Crippen molar-refractivity contribution in [2.75, 3.05) is 36.4 Å². The fourth-order valence-corrected chi connectivity index (χ4v) is 4.88. The number of nitrogens with zero attached hydrogens (tertiary/aromatic N) is 3. The summed E-state index contributed by atoms with van der Waals surface area (Å²) < 4.78 is 30.5. The second-order valence-corrected chi connectivity index (χ2v) is 9.50. The molecular weight excluding hydrogens is 430 g/mol. The molecule has 0 aromatic carbocycles. The highest BCUT2D eigenvalue weighted by Crippen LogP contribution is 2.42. The summed E-state index contributed by atoms with van der Waals surface area (Å²) in [7, 11) is 0. The van der Waals surface area contributed by atoms with Crippen LogP contribution >= 0.6 is 0 Å². The summed E-state index contributed by atoms with van der Waals surface area (Å²) in [5.74, 6) is 1.59. The molecule has 0 radical (unpaired) electrons. The molecule has 5 rings (SSSR count). The molecule has 2 unspecified atom stereocenters. The quantitative estimate of drug-likeness (QED) is 0.586. The number of alkyl halides is 2. The molecule has 3 N–H and O–H groups in total. The predicted octanol–water partition coefficient (Wildman–Crippen LogP) is 3.26. The van der Waals surface area contributed by atoms with Gasteiger partial charge in [0.1, 0.15) is 5.52 Å². The van der Waals surface area contributed by atoms with Gasteiger partial charge in [0.2, 0.25) is 11.9 Å². The van der Waals surface area contributed by atoms with E-state index in [9.17, 15) is 13.6 Å². The fraction of sp³-hybridized carbons (Fsp3) is 0.522. The Hall–Kier alpha value is -3.01. The molecule has 2 aromatic heterocycles. The zero-order chi connectivity index (χ0) is 23.2. The van der Waals surface area contributed by atoms with Gasteiger partial charge in [-0.25, -0.2) is 13.8 Å². The van der Waals surface area contributed by atoms with E-state index < -0.39 is 11.8 Å². The summed E-state index contributed by atoms with van der Waals surface area (Å²) in [5, 5.41) is 9.12. The van der Waals surface area contributed by atoms with E-state index in [1.807, 2.05) is 19.9 Å². The van der Waals surface area contributed by atoms with Crippen molar-refractivity contribution in [3.63, 3.8) is 0 Å². The van der Waals surface area contributed by atoms with Crippen LogP contribution in [0.1, 0.15) is 26.7 Å². The van der Waals surface area contributed by atoms with Crippen molar-refractivity contribution in [3.8, 4) is 0 Å². The zero-order valence-corrected chi connectivity index (χ0v) is 18.7. The van der Waals surface area contributed by atoms with Crippen molar-refractivity contribution in [1.29, 1.82) is 0 Å². The topological polar surface area (TPSA) is 95.3 Å². The molecule has 2 saturated heterocycles. The minimum absolute atomic E-state index is 0.0402. The van der Waals surface area contributed by atoms with Gasteiger partial charge < -0.3 is 25.3 Å². The summed E-state index contributed by atoms with van der Waals surface area (Å²) in [6, 6.07) is 1.80. The number of carbonyl (C=O) groups is 1. The van der Waals surface area contributed by atoms with E-state index in [0.29, 0.717) is 36.0 Å². The number of anilines is 2. The number of carbonyl (C=O) groups excluding carboxylic acids is 1. The number of amides is 1. The number of aromatic nitrogens is 2. The van der Waals surface area contributed by atoms with E-state index in [2.05, 4.69) is 31.9 Å². The van der Waals surface area contributed by atoms with Gasteiger partial charge in [0, 0.05) is 36.5 Å². The normalized spacial score (nSPS) is 24.2. The lowest BCUT2D eigenvalue weighted by atomic mass is 9.76. The molecule has 0 saturated carbocycles. The SMILES string of the molecule is CC1(C)C(=O)NC2=CC(Nc3nc(N4CCC(CNCC(F)F)C4)c4occc4n3)=CCC21. The van der Waals surface area contributed by atoms with Crippen LogP contribution in [0.2, 0.25) is 0 Å². The standard InChI is InChI=1S/C23H28F2N6O2/c1-23(2)15-4-3-14(9-17(15)28-21(23)32)27-22-29-16-6-8-33-19(16)20(30-22)31-7-5-13(12-31)10-26-11-18(24)25/h3,6,8-9,13,15,18,26H,4-5,7,10-12H2,1-2H3,(H,28,32)(H,27,29,30). The number of hydrogen-bond donors (Lipinski definition) is 3. The van der Waals surface area contributed by atoms with E-state index in [0.717, 1.165) is 30.8 Å². The van der Waals surface area contributed by atoms with E-state index in [4.69, 9.17) is 9.40 Å². The first-order chi connectivity index (χ1) is 15.8. The van der Waals surface area contributed by atoms with Gasteiger partial charge in [-0.05, 0) is 31.4 Å². The third kappa shape index (κ3) is 4.19. The van der Waals surface area contributed by atoms with Crippen LogP contribution in [-0.2, 0) is 4.79 Å². The van der Waals surface area contributed by atoms with Crippen LogP contribution in [0.3, 0.4) is 0 Å². The monoisotopic (exact) mass is 458 g/mol. The fourth-order valence-electron chi connectivity index (χ4n) is 4.88. The summed E-state index contributed by atoms with van der Waals surface area (Å²) in [4.78, 5) is 23.7. The Morgan fingerprint density at radius 3 is 3.03 bits per heavy atom. The van der Waals surface area contributed by atoms with Crippen LogP contribution in [0.5, 0.6) is 0 Å². The van der Waals surface area contributed by atoms with E-state index >= 15 is 0 Å². The summed E-state index contributed by atoms with van der Waals surface area (Å²) in [5.41, 5.74) is 2.63. The molecular formula is C23H28F2N6O2. The van der Waals surface area contributed by atoms with Crippen molar-refractivity contribution >= 4 is 28.8 Å². The van der Waals surface area contributed by atoms with Crippen molar-refractivity contribution in [3.05, 3.63) is 35.9 Å². The number of rotatable bonds is 7. The number of allylic oxidation sites excluding steroid dienone is 3. The lowest BCUT2D eigenvalue weighted by molar-refractivity contribution is -0.127. The number of halogens is 2. The van der Waals surface area contributed by atoms with E-state index in [-0.39, 0.29) is 24.3 Å². The molecule has 2 fully saturated rings. The molecule has 10 heteroatoms. The highest BCUT2D eigenvalue weighted by molar-refractivity contribution is 5.88. The number of furan rings is 1. The Balaban J connectivity index is 1.33. The Bertz CT molecular complexity index is 1130.